The van der Waals surface area contributed by atoms with Gasteiger partial charge in [0.1, 0.15) is 0 Å². The number of hydrogen-bond acceptors (Lipinski definition) is 4. The molecule has 1 aromatic heterocycles. The third-order valence-electron chi connectivity index (χ3n) is 1.11. The van der Waals surface area contributed by atoms with Crippen molar-refractivity contribution in [1.29, 1.82) is 5.26 Å². The number of halogens is 1. The van der Waals surface area contributed by atoms with Gasteiger partial charge in [-0.3, -0.25) is 5.32 Å². The van der Waals surface area contributed by atoms with Crippen LogP contribution in [0.5, 0.6) is 0 Å². The fraction of sp³-hybridized carbons (Fsp3) is 0.167. The molecule has 1 aromatic rings. The van der Waals surface area contributed by atoms with E-state index < -0.39 is 0 Å². The third-order valence-corrected chi connectivity index (χ3v) is 2.21. The Morgan fingerprint density at radius 1 is 1.92 bits per heavy atom. The standard InChI is InChI=1S/C6H6ClN5S/c7-5-10-1-4(13-5)2-11-6(9)12-3-8/h1H,2H2,(H3,9,11,12). The first-order valence-corrected chi connectivity index (χ1v) is 4.47. The zero-order valence-electron chi connectivity index (χ0n) is 6.49. The highest BCUT2D eigenvalue weighted by Crippen LogP contribution is 2.17. The molecule has 0 atom stereocenters. The monoisotopic (exact) mass is 215 g/mol. The highest BCUT2D eigenvalue weighted by Gasteiger charge is 1.97. The molecule has 7 heteroatoms. The van der Waals surface area contributed by atoms with Crippen molar-refractivity contribution in [2.24, 2.45) is 10.7 Å². The first-order chi connectivity index (χ1) is 6.22. The zero-order chi connectivity index (χ0) is 9.68. The topological polar surface area (TPSA) is 87.1 Å². The van der Waals surface area contributed by atoms with Crippen LogP contribution >= 0.6 is 22.9 Å². The van der Waals surface area contributed by atoms with E-state index in [-0.39, 0.29) is 5.96 Å². The summed E-state index contributed by atoms with van der Waals surface area (Å²) in [6, 6.07) is 0. The third kappa shape index (κ3) is 3.27. The fourth-order valence-corrected chi connectivity index (χ4v) is 1.52. The number of nitrogens with two attached hydrogens (primary N) is 1. The maximum Gasteiger partial charge on any atom is 0.202 e. The maximum atomic E-state index is 8.19. The van der Waals surface area contributed by atoms with Gasteiger partial charge in [0.15, 0.2) is 10.7 Å². The van der Waals surface area contributed by atoms with Crippen molar-refractivity contribution >= 4 is 28.9 Å². The van der Waals surface area contributed by atoms with Crippen LogP contribution in [0, 0.1) is 11.5 Å². The van der Waals surface area contributed by atoms with Gasteiger partial charge in [-0.15, -0.1) is 11.3 Å². The fourth-order valence-electron chi connectivity index (χ4n) is 0.617. The Labute approximate surface area is 83.9 Å². The quantitative estimate of drug-likeness (QED) is 0.329. The number of nitrogens with zero attached hydrogens (tertiary/aromatic N) is 3. The molecule has 13 heavy (non-hydrogen) atoms. The molecule has 0 bridgehead atoms. The number of aromatic nitrogens is 1. The van der Waals surface area contributed by atoms with Crippen molar-refractivity contribution in [2.75, 3.05) is 0 Å². The van der Waals surface area contributed by atoms with Crippen LogP contribution in [0.25, 0.3) is 0 Å². The molecule has 0 fully saturated rings. The van der Waals surface area contributed by atoms with E-state index in [1.165, 1.54) is 11.3 Å². The summed E-state index contributed by atoms with van der Waals surface area (Å²) in [5.41, 5.74) is 5.31. The average Bonchev–Trinajstić information content (AvgIpc) is 2.49. The van der Waals surface area contributed by atoms with Crippen molar-refractivity contribution in [3.8, 4) is 6.19 Å². The van der Waals surface area contributed by atoms with Crippen LogP contribution < -0.4 is 11.1 Å². The molecule has 0 saturated carbocycles. The minimum Gasteiger partial charge on any atom is -0.369 e. The van der Waals surface area contributed by atoms with Crippen molar-refractivity contribution in [2.45, 2.75) is 6.54 Å². The number of rotatable bonds is 2. The van der Waals surface area contributed by atoms with Gasteiger partial charge in [-0.2, -0.15) is 5.26 Å². The van der Waals surface area contributed by atoms with Crippen LogP contribution in [0.4, 0.5) is 0 Å². The predicted molar refractivity (Wildman–Crippen MR) is 51.2 cm³/mol. The van der Waals surface area contributed by atoms with E-state index in [9.17, 15) is 0 Å². The summed E-state index contributed by atoms with van der Waals surface area (Å²) in [5, 5.41) is 10.4. The number of thiazole rings is 1. The molecule has 0 unspecified atom stereocenters. The van der Waals surface area contributed by atoms with Crippen LogP contribution in [0.2, 0.25) is 4.47 Å². The zero-order valence-corrected chi connectivity index (χ0v) is 8.06. The maximum absolute atomic E-state index is 8.19. The molecule has 3 N–H and O–H groups in total. The largest absolute Gasteiger partial charge is 0.369 e. The molecule has 1 heterocycles. The Morgan fingerprint density at radius 2 is 2.69 bits per heavy atom. The van der Waals surface area contributed by atoms with Gasteiger partial charge in [0.05, 0.1) is 6.54 Å². The van der Waals surface area contributed by atoms with E-state index in [0.29, 0.717) is 11.0 Å². The Morgan fingerprint density at radius 3 is 3.23 bits per heavy atom. The van der Waals surface area contributed by atoms with E-state index in [4.69, 9.17) is 22.6 Å². The summed E-state index contributed by atoms with van der Waals surface area (Å²) >= 11 is 6.93. The Hall–Kier alpha value is -1.32. The van der Waals surface area contributed by atoms with Crippen LogP contribution in [0.3, 0.4) is 0 Å². The molecule has 1 rings (SSSR count). The Balaban J connectivity index is 2.52. The smallest absolute Gasteiger partial charge is 0.202 e. The molecule has 0 spiro atoms. The molecule has 68 valence electrons. The lowest BCUT2D eigenvalue weighted by molar-refractivity contribution is 1.05. The normalized spacial score (nSPS) is 10.9. The van der Waals surface area contributed by atoms with E-state index in [1.54, 1.807) is 12.4 Å². The van der Waals surface area contributed by atoms with Crippen molar-refractivity contribution in [3.05, 3.63) is 15.5 Å². The number of nitriles is 1. The number of nitrogens with one attached hydrogen (secondary N) is 1. The lowest BCUT2D eigenvalue weighted by Crippen LogP contribution is -2.27. The molecule has 0 amide bonds. The molecular formula is C6H6ClN5S. The summed E-state index contributed by atoms with van der Waals surface area (Å²) < 4.78 is 0.469. The Bertz CT molecular complexity index is 352. The highest BCUT2D eigenvalue weighted by molar-refractivity contribution is 7.15. The van der Waals surface area contributed by atoms with E-state index in [2.05, 4.69) is 15.3 Å². The van der Waals surface area contributed by atoms with Crippen molar-refractivity contribution in [3.63, 3.8) is 0 Å². The van der Waals surface area contributed by atoms with Gasteiger partial charge in [0, 0.05) is 11.1 Å². The van der Waals surface area contributed by atoms with Gasteiger partial charge in [-0.05, 0) is 0 Å². The molecule has 5 nitrogen and oxygen atoms in total. The van der Waals surface area contributed by atoms with Crippen LogP contribution in [-0.2, 0) is 6.54 Å². The molecular weight excluding hydrogens is 210 g/mol. The summed E-state index contributed by atoms with van der Waals surface area (Å²) in [5.74, 6) is 0.0898. The van der Waals surface area contributed by atoms with Gasteiger partial charge in [-0.1, -0.05) is 11.6 Å². The van der Waals surface area contributed by atoms with Gasteiger partial charge in [0.2, 0.25) is 5.96 Å². The molecule has 0 aliphatic heterocycles. The summed E-state index contributed by atoms with van der Waals surface area (Å²) in [7, 11) is 0. The second-order valence-electron chi connectivity index (χ2n) is 2.02. The lowest BCUT2D eigenvalue weighted by Gasteiger charge is -1.93. The van der Waals surface area contributed by atoms with Gasteiger partial charge in [0.25, 0.3) is 0 Å². The molecule has 0 radical (unpaired) electrons. The second kappa shape index (κ2) is 4.64. The van der Waals surface area contributed by atoms with Gasteiger partial charge < -0.3 is 5.73 Å². The van der Waals surface area contributed by atoms with E-state index in [0.717, 1.165) is 4.88 Å². The number of hydrogen-bond donors (Lipinski definition) is 2. The summed E-state index contributed by atoms with van der Waals surface area (Å²) in [6.07, 6.45) is 3.29. The lowest BCUT2D eigenvalue weighted by atomic mass is 10.5. The number of aliphatic imine (C=N–C) groups is 1. The number of guanidine groups is 1. The first kappa shape index (κ1) is 9.77. The van der Waals surface area contributed by atoms with E-state index in [1.807, 2.05) is 0 Å². The Kier molecular flexibility index (Phi) is 3.49. The van der Waals surface area contributed by atoms with Crippen LogP contribution in [0.15, 0.2) is 11.2 Å². The van der Waals surface area contributed by atoms with Crippen molar-refractivity contribution < 1.29 is 0 Å². The van der Waals surface area contributed by atoms with Gasteiger partial charge >= 0.3 is 0 Å². The molecule has 0 aliphatic carbocycles. The molecule has 0 saturated heterocycles. The van der Waals surface area contributed by atoms with Gasteiger partial charge in [-0.25, -0.2) is 9.98 Å². The van der Waals surface area contributed by atoms with E-state index >= 15 is 0 Å². The highest BCUT2D eigenvalue weighted by atomic mass is 35.5. The van der Waals surface area contributed by atoms with Crippen LogP contribution in [-0.4, -0.2) is 10.9 Å². The summed E-state index contributed by atoms with van der Waals surface area (Å²) in [6.45, 7) is 0.380. The van der Waals surface area contributed by atoms with Crippen LogP contribution in [0.1, 0.15) is 4.88 Å². The first-order valence-electron chi connectivity index (χ1n) is 3.27. The SMILES string of the molecule is N#CNC(N)=NCc1cnc(Cl)s1. The molecule has 0 aromatic carbocycles. The second-order valence-corrected chi connectivity index (χ2v) is 3.72. The minimum atomic E-state index is 0.0898. The predicted octanol–water partition coefficient (Wildman–Crippen LogP) is 0.682. The minimum absolute atomic E-state index is 0.0898. The summed E-state index contributed by atoms with van der Waals surface area (Å²) in [4.78, 5) is 8.60. The molecule has 0 aliphatic rings. The average molecular weight is 216 g/mol. The van der Waals surface area contributed by atoms with Crippen molar-refractivity contribution in [1.82, 2.24) is 10.3 Å².